The Kier molecular flexibility index (Phi) is 5.27. The second-order valence-electron chi connectivity index (χ2n) is 5.24. The van der Waals surface area contributed by atoms with Gasteiger partial charge in [-0.25, -0.2) is 4.98 Å². The number of nitrogens with zero attached hydrogens (tertiary/aromatic N) is 1. The van der Waals surface area contributed by atoms with Crippen LogP contribution in [-0.2, 0) is 9.53 Å². The van der Waals surface area contributed by atoms with E-state index in [0.717, 1.165) is 20.9 Å². The van der Waals surface area contributed by atoms with Crippen LogP contribution >= 0.6 is 11.3 Å². The highest BCUT2D eigenvalue weighted by Gasteiger charge is 2.13. The molecule has 6 heteroatoms. The van der Waals surface area contributed by atoms with Gasteiger partial charge in [-0.3, -0.25) is 4.79 Å². The fraction of sp³-hybridized carbons (Fsp3) is 0.467. The first-order valence-corrected chi connectivity index (χ1v) is 7.78. The van der Waals surface area contributed by atoms with Crippen molar-refractivity contribution in [1.82, 2.24) is 4.98 Å². The number of carbonyl (C=O) groups is 1. The number of hydrogen-bond acceptors (Lipinski definition) is 5. The Hall–Kier alpha value is -1.50. The van der Waals surface area contributed by atoms with Gasteiger partial charge < -0.3 is 15.8 Å². The maximum absolute atomic E-state index is 11.9. The molecular weight excluding hydrogens is 286 g/mol. The molecule has 0 aliphatic carbocycles. The number of thiazole rings is 1. The Bertz CT molecular complexity index is 620. The topological polar surface area (TPSA) is 77.2 Å². The molecule has 2 rings (SSSR count). The zero-order valence-corrected chi connectivity index (χ0v) is 13.4. The molecule has 1 aromatic heterocycles. The summed E-state index contributed by atoms with van der Waals surface area (Å²) in [4.78, 5) is 16.5. The Morgan fingerprint density at radius 2 is 2.24 bits per heavy atom. The number of ether oxygens (including phenoxy) is 1. The van der Waals surface area contributed by atoms with Gasteiger partial charge in [0.05, 0.1) is 27.7 Å². The van der Waals surface area contributed by atoms with Crippen molar-refractivity contribution in [2.24, 2.45) is 5.73 Å². The molecule has 0 bridgehead atoms. The first kappa shape index (κ1) is 15.9. The van der Waals surface area contributed by atoms with Crippen LogP contribution in [0.1, 0.15) is 31.2 Å². The van der Waals surface area contributed by atoms with Gasteiger partial charge in [0.1, 0.15) is 0 Å². The molecule has 1 heterocycles. The molecule has 114 valence electrons. The molecule has 21 heavy (non-hydrogen) atoms. The molecule has 0 spiro atoms. The summed E-state index contributed by atoms with van der Waals surface area (Å²) < 4.78 is 6.20. The molecule has 0 radical (unpaired) electrons. The Labute approximate surface area is 128 Å². The van der Waals surface area contributed by atoms with Crippen LogP contribution in [0.4, 0.5) is 5.69 Å². The average molecular weight is 307 g/mol. The first-order chi connectivity index (χ1) is 10.0. The first-order valence-electron chi connectivity index (χ1n) is 6.96. The average Bonchev–Trinajstić information content (AvgIpc) is 2.88. The Balaban J connectivity index is 2.10. The maximum Gasteiger partial charge on any atom is 0.227 e. The normalized spacial score (nSPS) is 12.8. The predicted molar refractivity (Wildman–Crippen MR) is 86.8 cm³/mol. The van der Waals surface area contributed by atoms with Gasteiger partial charge in [-0.1, -0.05) is 13.8 Å². The summed E-state index contributed by atoms with van der Waals surface area (Å²) in [5.74, 6) is 0.313. The minimum atomic E-state index is -0.246. The monoisotopic (exact) mass is 307 g/mol. The number of methoxy groups -OCH3 is 1. The molecular formula is C15H21N3O2S. The van der Waals surface area contributed by atoms with Gasteiger partial charge in [-0.15, -0.1) is 11.3 Å². The van der Waals surface area contributed by atoms with Crippen LogP contribution in [0.15, 0.2) is 18.2 Å². The largest absolute Gasteiger partial charge is 0.380 e. The number of fused-ring (bicyclic) bond motifs is 1. The van der Waals surface area contributed by atoms with Crippen molar-refractivity contribution in [3.8, 4) is 0 Å². The van der Waals surface area contributed by atoms with Crippen molar-refractivity contribution in [3.63, 3.8) is 0 Å². The molecule has 5 nitrogen and oxygen atoms in total. The quantitative estimate of drug-likeness (QED) is 0.860. The number of rotatable bonds is 6. The number of nitrogens with one attached hydrogen (secondary N) is 1. The lowest BCUT2D eigenvalue weighted by Gasteiger charge is -2.12. The number of carbonyl (C=O) groups excluding carboxylic acids is 1. The fourth-order valence-corrected chi connectivity index (χ4v) is 2.96. The van der Waals surface area contributed by atoms with Crippen LogP contribution in [0.2, 0.25) is 0 Å². The van der Waals surface area contributed by atoms with Crippen LogP contribution in [-0.4, -0.2) is 30.6 Å². The molecule has 1 aromatic carbocycles. The van der Waals surface area contributed by atoms with Gasteiger partial charge in [-0.05, 0) is 18.2 Å². The molecule has 0 saturated heterocycles. The molecule has 0 aliphatic rings. The van der Waals surface area contributed by atoms with E-state index < -0.39 is 0 Å². The number of hydrogen-bond donors (Lipinski definition) is 2. The Morgan fingerprint density at radius 1 is 1.48 bits per heavy atom. The molecule has 1 unspecified atom stereocenters. The lowest BCUT2D eigenvalue weighted by atomic mass is 10.2. The highest BCUT2D eigenvalue weighted by molar-refractivity contribution is 7.18. The van der Waals surface area contributed by atoms with E-state index in [2.05, 4.69) is 24.1 Å². The molecule has 0 saturated carbocycles. The number of amides is 1. The van der Waals surface area contributed by atoms with Crippen LogP contribution < -0.4 is 11.1 Å². The van der Waals surface area contributed by atoms with Gasteiger partial charge in [0.15, 0.2) is 0 Å². The van der Waals surface area contributed by atoms with Crippen molar-refractivity contribution in [3.05, 3.63) is 23.2 Å². The summed E-state index contributed by atoms with van der Waals surface area (Å²) in [5.41, 5.74) is 7.27. The molecule has 0 aliphatic heterocycles. The highest BCUT2D eigenvalue weighted by Crippen LogP contribution is 2.29. The van der Waals surface area contributed by atoms with E-state index in [1.165, 1.54) is 0 Å². The van der Waals surface area contributed by atoms with E-state index in [4.69, 9.17) is 10.5 Å². The lowest BCUT2D eigenvalue weighted by Crippen LogP contribution is -2.28. The van der Waals surface area contributed by atoms with E-state index in [-0.39, 0.29) is 18.4 Å². The number of nitrogens with two attached hydrogens (primary N) is 1. The zero-order chi connectivity index (χ0) is 15.4. The second-order valence-corrected chi connectivity index (χ2v) is 6.30. The van der Waals surface area contributed by atoms with E-state index in [1.807, 2.05) is 18.2 Å². The summed E-state index contributed by atoms with van der Waals surface area (Å²) in [5, 5.41) is 3.98. The van der Waals surface area contributed by atoms with Crippen LogP contribution in [0.3, 0.4) is 0 Å². The predicted octanol–water partition coefficient (Wildman–Crippen LogP) is 2.72. The smallest absolute Gasteiger partial charge is 0.227 e. The van der Waals surface area contributed by atoms with Gasteiger partial charge in [0.25, 0.3) is 0 Å². The van der Waals surface area contributed by atoms with E-state index in [9.17, 15) is 4.79 Å². The van der Waals surface area contributed by atoms with E-state index in [0.29, 0.717) is 12.5 Å². The molecule has 2 aromatic rings. The van der Waals surface area contributed by atoms with Crippen molar-refractivity contribution in [1.29, 1.82) is 0 Å². The molecule has 3 N–H and O–H groups in total. The minimum absolute atomic E-state index is 0.0970. The Morgan fingerprint density at radius 3 is 2.86 bits per heavy atom. The van der Waals surface area contributed by atoms with Crippen LogP contribution in [0.25, 0.3) is 10.2 Å². The van der Waals surface area contributed by atoms with Crippen LogP contribution in [0.5, 0.6) is 0 Å². The highest BCUT2D eigenvalue weighted by atomic mass is 32.1. The van der Waals surface area contributed by atoms with E-state index >= 15 is 0 Å². The zero-order valence-electron chi connectivity index (χ0n) is 12.6. The number of anilines is 1. The lowest BCUT2D eigenvalue weighted by molar-refractivity contribution is -0.118. The van der Waals surface area contributed by atoms with Crippen LogP contribution in [0, 0.1) is 0 Å². The van der Waals surface area contributed by atoms with Crippen molar-refractivity contribution < 1.29 is 9.53 Å². The molecule has 1 amide bonds. The minimum Gasteiger partial charge on any atom is -0.380 e. The summed E-state index contributed by atoms with van der Waals surface area (Å²) in [6.45, 7) is 4.58. The third-order valence-corrected chi connectivity index (χ3v) is 4.51. The van der Waals surface area contributed by atoms with Gasteiger partial charge in [0.2, 0.25) is 5.91 Å². The van der Waals surface area contributed by atoms with Crippen molar-refractivity contribution in [2.75, 3.05) is 19.0 Å². The third-order valence-electron chi connectivity index (χ3n) is 3.19. The van der Waals surface area contributed by atoms with Crippen molar-refractivity contribution >= 4 is 33.1 Å². The fourth-order valence-electron chi connectivity index (χ4n) is 1.95. The number of aromatic nitrogens is 1. The number of benzene rings is 1. The second kappa shape index (κ2) is 6.98. The summed E-state index contributed by atoms with van der Waals surface area (Å²) >= 11 is 1.66. The van der Waals surface area contributed by atoms with E-state index in [1.54, 1.807) is 18.4 Å². The summed E-state index contributed by atoms with van der Waals surface area (Å²) in [6.07, 6.45) is 0.00926. The third kappa shape index (κ3) is 4.00. The van der Waals surface area contributed by atoms with Crippen molar-refractivity contribution in [2.45, 2.75) is 32.3 Å². The van der Waals surface area contributed by atoms with Gasteiger partial charge >= 0.3 is 0 Å². The summed E-state index contributed by atoms with van der Waals surface area (Å²) in [6, 6.07) is 5.76. The SMILES string of the molecule is COC(CN)CC(=O)Nc1ccc2nc(C(C)C)sc2c1. The standard InChI is InChI=1S/C15H21N3O2S/c1-9(2)15-18-12-5-4-10(6-13(12)21-15)17-14(19)7-11(8-16)20-3/h4-6,9,11H,7-8,16H2,1-3H3,(H,17,19). The van der Waals surface area contributed by atoms with Gasteiger partial charge in [-0.2, -0.15) is 0 Å². The molecule has 1 atom stereocenters. The maximum atomic E-state index is 11.9. The van der Waals surface area contributed by atoms with Gasteiger partial charge in [0, 0.05) is 25.3 Å². The summed E-state index contributed by atoms with van der Waals surface area (Å²) in [7, 11) is 1.56. The molecule has 0 fully saturated rings.